The lowest BCUT2D eigenvalue weighted by Crippen LogP contribution is -2.28. The van der Waals surface area contributed by atoms with Crippen molar-refractivity contribution in [2.45, 2.75) is 60.3 Å². The van der Waals surface area contributed by atoms with E-state index in [-0.39, 0.29) is 0 Å². The van der Waals surface area contributed by atoms with Gasteiger partial charge in [0.25, 0.3) is 0 Å². The molecule has 126 valence electrons. The molecule has 1 aromatic carbocycles. The summed E-state index contributed by atoms with van der Waals surface area (Å²) in [6, 6.07) is 6.55. The smallest absolute Gasteiger partial charge is 0.0120 e. The molecule has 0 aliphatic heterocycles. The second-order valence-corrected chi connectivity index (χ2v) is 5.64. The van der Waals surface area contributed by atoms with Crippen LogP contribution in [0.25, 0.3) is 0 Å². The van der Waals surface area contributed by atoms with E-state index >= 15 is 0 Å². The summed E-state index contributed by atoms with van der Waals surface area (Å²) < 4.78 is 0. The maximum absolute atomic E-state index is 5.81. The van der Waals surface area contributed by atoms with Crippen LogP contribution in [0.5, 0.6) is 0 Å². The Labute approximate surface area is 138 Å². The molecule has 0 unspecified atom stereocenters. The molecule has 0 saturated carbocycles. The van der Waals surface area contributed by atoms with Crippen LogP contribution < -0.4 is 5.73 Å². The van der Waals surface area contributed by atoms with E-state index in [1.54, 1.807) is 0 Å². The fourth-order valence-corrected chi connectivity index (χ4v) is 2.72. The van der Waals surface area contributed by atoms with Crippen LogP contribution in [0.15, 0.2) is 30.5 Å². The van der Waals surface area contributed by atoms with Gasteiger partial charge in [-0.2, -0.15) is 0 Å². The first-order valence-electron chi connectivity index (χ1n) is 8.81. The molecule has 0 heterocycles. The lowest BCUT2D eigenvalue weighted by molar-refractivity contribution is 0.278. The van der Waals surface area contributed by atoms with Gasteiger partial charge in [-0.25, -0.2) is 0 Å². The van der Waals surface area contributed by atoms with E-state index < -0.39 is 0 Å². The third kappa shape index (κ3) is 7.65. The number of rotatable bonds is 9. The third-order valence-corrected chi connectivity index (χ3v) is 3.69. The Balaban J connectivity index is 0.00000211. The van der Waals surface area contributed by atoms with Gasteiger partial charge >= 0.3 is 0 Å². The Morgan fingerprint density at radius 3 is 2.18 bits per heavy atom. The number of benzene rings is 1. The van der Waals surface area contributed by atoms with Gasteiger partial charge in [0.15, 0.2) is 0 Å². The standard InChI is InChI=1S/C18H30N2.C2H6/c1-5-11-20(12-6-2)13-10-17-9-7-8-15(3)18(17)14-16(4)19;1-2/h7-9H,4-6,10-14,19H2,1-3H3;1-2H3. The fraction of sp³-hybridized carbons (Fsp3) is 0.600. The number of hydrogen-bond donors (Lipinski definition) is 1. The molecule has 22 heavy (non-hydrogen) atoms. The van der Waals surface area contributed by atoms with Crippen molar-refractivity contribution in [3.05, 3.63) is 47.2 Å². The molecule has 0 atom stereocenters. The molecule has 0 saturated heterocycles. The van der Waals surface area contributed by atoms with E-state index in [1.165, 1.54) is 42.6 Å². The topological polar surface area (TPSA) is 29.3 Å². The zero-order chi connectivity index (χ0) is 17.0. The molecular formula is C20H36N2. The van der Waals surface area contributed by atoms with Crippen molar-refractivity contribution in [1.82, 2.24) is 4.90 Å². The molecular weight excluding hydrogens is 268 g/mol. The van der Waals surface area contributed by atoms with Gasteiger partial charge in [-0.05, 0) is 56.0 Å². The number of aryl methyl sites for hydroxylation is 1. The van der Waals surface area contributed by atoms with Gasteiger partial charge in [0.05, 0.1) is 0 Å². The molecule has 0 spiro atoms. The summed E-state index contributed by atoms with van der Waals surface area (Å²) in [6.45, 7) is 18.0. The summed E-state index contributed by atoms with van der Waals surface area (Å²) in [6.07, 6.45) is 4.34. The Bertz CT molecular complexity index is 418. The summed E-state index contributed by atoms with van der Waals surface area (Å²) >= 11 is 0. The second kappa shape index (κ2) is 12.3. The molecule has 2 N–H and O–H groups in total. The number of nitrogens with zero attached hydrogens (tertiary/aromatic N) is 1. The van der Waals surface area contributed by atoms with Crippen molar-refractivity contribution < 1.29 is 0 Å². The minimum Gasteiger partial charge on any atom is -0.402 e. The first-order chi connectivity index (χ1) is 10.6. The molecule has 0 amide bonds. The minimum atomic E-state index is 0.750. The first kappa shape index (κ1) is 20.7. The average Bonchev–Trinajstić information content (AvgIpc) is 2.50. The molecule has 2 nitrogen and oxygen atoms in total. The molecule has 0 aromatic heterocycles. The SMILES string of the molecule is C=C(N)Cc1c(C)cccc1CCN(CCC)CCC.CC. The molecule has 0 aliphatic rings. The Kier molecular flexibility index (Phi) is 11.6. The molecule has 1 aromatic rings. The van der Waals surface area contributed by atoms with Crippen LogP contribution in [0.2, 0.25) is 0 Å². The maximum atomic E-state index is 5.81. The quantitative estimate of drug-likeness (QED) is 0.716. The third-order valence-electron chi connectivity index (χ3n) is 3.69. The normalized spacial score (nSPS) is 10.3. The summed E-state index contributed by atoms with van der Waals surface area (Å²) in [5.74, 6) is 0. The van der Waals surface area contributed by atoms with Gasteiger partial charge in [0.1, 0.15) is 0 Å². The lowest BCUT2D eigenvalue weighted by atomic mass is 9.96. The van der Waals surface area contributed by atoms with Crippen LogP contribution >= 0.6 is 0 Å². The Morgan fingerprint density at radius 2 is 1.68 bits per heavy atom. The van der Waals surface area contributed by atoms with E-state index in [1.807, 2.05) is 13.8 Å². The van der Waals surface area contributed by atoms with E-state index in [9.17, 15) is 0 Å². The number of allylic oxidation sites excluding steroid dienone is 1. The summed E-state index contributed by atoms with van der Waals surface area (Å²) in [5, 5.41) is 0. The van der Waals surface area contributed by atoms with Crippen LogP contribution in [0.4, 0.5) is 0 Å². The molecule has 0 bridgehead atoms. The van der Waals surface area contributed by atoms with Gasteiger partial charge in [0.2, 0.25) is 0 Å². The largest absolute Gasteiger partial charge is 0.402 e. The van der Waals surface area contributed by atoms with Crippen molar-refractivity contribution >= 4 is 0 Å². The average molecular weight is 305 g/mol. The van der Waals surface area contributed by atoms with Gasteiger partial charge in [-0.1, -0.05) is 52.5 Å². The monoisotopic (exact) mass is 304 g/mol. The van der Waals surface area contributed by atoms with Crippen LogP contribution in [0.3, 0.4) is 0 Å². The van der Waals surface area contributed by atoms with Crippen molar-refractivity contribution in [2.24, 2.45) is 5.73 Å². The zero-order valence-corrected chi connectivity index (χ0v) is 15.4. The highest BCUT2D eigenvalue weighted by Gasteiger charge is 2.08. The van der Waals surface area contributed by atoms with Crippen LogP contribution in [-0.4, -0.2) is 24.5 Å². The van der Waals surface area contributed by atoms with E-state index in [2.05, 4.69) is 50.4 Å². The number of hydrogen-bond acceptors (Lipinski definition) is 2. The highest BCUT2D eigenvalue weighted by Crippen LogP contribution is 2.17. The predicted octanol–water partition coefficient (Wildman–Crippen LogP) is 4.70. The van der Waals surface area contributed by atoms with Gasteiger partial charge in [-0.3, -0.25) is 0 Å². The molecule has 0 fully saturated rings. The van der Waals surface area contributed by atoms with Crippen molar-refractivity contribution in [3.63, 3.8) is 0 Å². The van der Waals surface area contributed by atoms with Crippen LogP contribution in [0.1, 0.15) is 57.2 Å². The molecule has 0 radical (unpaired) electrons. The predicted molar refractivity (Wildman–Crippen MR) is 100 cm³/mol. The molecule has 1 rings (SSSR count). The summed E-state index contributed by atoms with van der Waals surface area (Å²) in [4.78, 5) is 2.56. The van der Waals surface area contributed by atoms with E-state index in [4.69, 9.17) is 5.73 Å². The van der Waals surface area contributed by atoms with Gasteiger partial charge in [-0.15, -0.1) is 0 Å². The highest BCUT2D eigenvalue weighted by molar-refractivity contribution is 5.37. The Morgan fingerprint density at radius 1 is 1.09 bits per heavy atom. The van der Waals surface area contributed by atoms with E-state index in [0.29, 0.717) is 0 Å². The minimum absolute atomic E-state index is 0.750. The maximum Gasteiger partial charge on any atom is 0.0120 e. The van der Waals surface area contributed by atoms with Crippen LogP contribution in [-0.2, 0) is 12.8 Å². The van der Waals surface area contributed by atoms with Gasteiger partial charge in [0, 0.05) is 18.7 Å². The molecule has 2 heteroatoms. The number of nitrogens with two attached hydrogens (primary N) is 1. The van der Waals surface area contributed by atoms with Crippen molar-refractivity contribution in [3.8, 4) is 0 Å². The second-order valence-electron chi connectivity index (χ2n) is 5.64. The highest BCUT2D eigenvalue weighted by atomic mass is 15.1. The fourth-order valence-electron chi connectivity index (χ4n) is 2.72. The zero-order valence-electron chi connectivity index (χ0n) is 15.4. The Hall–Kier alpha value is -1.28. The van der Waals surface area contributed by atoms with Gasteiger partial charge < -0.3 is 10.6 Å². The van der Waals surface area contributed by atoms with Crippen LogP contribution in [0, 0.1) is 6.92 Å². The van der Waals surface area contributed by atoms with E-state index in [0.717, 1.165) is 25.1 Å². The first-order valence-corrected chi connectivity index (χ1v) is 8.81. The summed E-state index contributed by atoms with van der Waals surface area (Å²) in [5.41, 5.74) is 10.7. The lowest BCUT2D eigenvalue weighted by Gasteiger charge is -2.22. The summed E-state index contributed by atoms with van der Waals surface area (Å²) in [7, 11) is 0. The van der Waals surface area contributed by atoms with Crippen molar-refractivity contribution in [1.29, 1.82) is 0 Å². The molecule has 0 aliphatic carbocycles. The van der Waals surface area contributed by atoms with Crippen molar-refractivity contribution in [2.75, 3.05) is 19.6 Å².